The molecule has 2 N–H and O–H groups in total. The number of benzene rings is 1. The van der Waals surface area contributed by atoms with Gasteiger partial charge < -0.3 is 15.4 Å². The van der Waals surface area contributed by atoms with Gasteiger partial charge in [-0.1, -0.05) is 6.92 Å². The molecule has 1 amide bonds. The van der Waals surface area contributed by atoms with Crippen LogP contribution in [0.4, 0.5) is 0 Å². The number of rotatable bonds is 7. The molecule has 0 aliphatic heterocycles. The van der Waals surface area contributed by atoms with Gasteiger partial charge in [0.1, 0.15) is 5.75 Å². The fourth-order valence-corrected chi connectivity index (χ4v) is 2.02. The van der Waals surface area contributed by atoms with Crippen LogP contribution in [-0.4, -0.2) is 32.7 Å². The van der Waals surface area contributed by atoms with E-state index in [9.17, 15) is 4.79 Å². The van der Waals surface area contributed by atoms with Gasteiger partial charge in [-0.3, -0.25) is 4.79 Å². The Morgan fingerprint density at radius 2 is 2.11 bits per heavy atom. The Morgan fingerprint density at radius 1 is 1.33 bits per heavy atom. The monoisotopic (exact) mass is 314 g/mol. The molecule has 1 rings (SSSR count). The fraction of sp³-hybridized carbons (Fsp3) is 0.462. The van der Waals surface area contributed by atoms with E-state index in [1.807, 2.05) is 0 Å². The van der Waals surface area contributed by atoms with E-state index >= 15 is 0 Å². The molecule has 0 aliphatic rings. The Labute approximate surface area is 116 Å². The van der Waals surface area contributed by atoms with Crippen molar-refractivity contribution in [2.45, 2.75) is 13.3 Å². The summed E-state index contributed by atoms with van der Waals surface area (Å²) >= 11 is 3.36. The number of hydrogen-bond donors (Lipinski definition) is 2. The Balaban J connectivity index is 2.44. The molecule has 0 saturated carbocycles. The average molecular weight is 315 g/mol. The first kappa shape index (κ1) is 15.0. The Hall–Kier alpha value is -1.07. The minimum absolute atomic E-state index is 0.0725. The normalized spacial score (nSPS) is 10.2. The first-order valence-corrected chi connectivity index (χ1v) is 6.80. The lowest BCUT2D eigenvalue weighted by molar-refractivity contribution is 0.0954. The van der Waals surface area contributed by atoms with Crippen molar-refractivity contribution < 1.29 is 9.53 Å². The SMILES string of the molecule is CCCNCCNC(=O)c1ccc(OC)c(Br)c1. The number of nitrogens with one attached hydrogen (secondary N) is 2. The number of hydrogen-bond acceptors (Lipinski definition) is 3. The van der Waals surface area contributed by atoms with Gasteiger partial charge in [0.2, 0.25) is 0 Å². The van der Waals surface area contributed by atoms with E-state index in [2.05, 4.69) is 33.5 Å². The lowest BCUT2D eigenvalue weighted by atomic mass is 10.2. The second-order valence-electron chi connectivity index (χ2n) is 3.86. The van der Waals surface area contributed by atoms with Crippen molar-refractivity contribution in [3.05, 3.63) is 28.2 Å². The van der Waals surface area contributed by atoms with Crippen LogP contribution < -0.4 is 15.4 Å². The van der Waals surface area contributed by atoms with Crippen LogP contribution in [0.25, 0.3) is 0 Å². The summed E-state index contributed by atoms with van der Waals surface area (Å²) in [5, 5.41) is 6.09. The van der Waals surface area contributed by atoms with Crippen LogP contribution in [0.1, 0.15) is 23.7 Å². The molecule has 1 aromatic rings. The van der Waals surface area contributed by atoms with Gasteiger partial charge in [-0.2, -0.15) is 0 Å². The summed E-state index contributed by atoms with van der Waals surface area (Å²) in [6.45, 7) is 4.50. The van der Waals surface area contributed by atoms with Crippen molar-refractivity contribution in [3.8, 4) is 5.75 Å². The molecule has 0 aliphatic carbocycles. The van der Waals surface area contributed by atoms with E-state index < -0.39 is 0 Å². The van der Waals surface area contributed by atoms with Crippen LogP contribution in [0, 0.1) is 0 Å². The van der Waals surface area contributed by atoms with Crippen molar-refractivity contribution in [3.63, 3.8) is 0 Å². The molecule has 0 bridgehead atoms. The highest BCUT2D eigenvalue weighted by Gasteiger charge is 2.07. The van der Waals surface area contributed by atoms with Gasteiger partial charge in [-0.25, -0.2) is 0 Å². The van der Waals surface area contributed by atoms with E-state index in [4.69, 9.17) is 4.74 Å². The first-order valence-electron chi connectivity index (χ1n) is 6.01. The molecule has 0 radical (unpaired) electrons. The van der Waals surface area contributed by atoms with Gasteiger partial charge in [0.15, 0.2) is 0 Å². The third kappa shape index (κ3) is 4.66. The number of carbonyl (C=O) groups is 1. The molecule has 100 valence electrons. The highest BCUT2D eigenvalue weighted by Crippen LogP contribution is 2.25. The predicted molar refractivity (Wildman–Crippen MR) is 76.2 cm³/mol. The number of amides is 1. The highest BCUT2D eigenvalue weighted by molar-refractivity contribution is 9.10. The minimum Gasteiger partial charge on any atom is -0.496 e. The van der Waals surface area contributed by atoms with Crippen LogP contribution in [0.5, 0.6) is 5.75 Å². The summed E-state index contributed by atoms with van der Waals surface area (Å²) in [5.74, 6) is 0.646. The lowest BCUT2D eigenvalue weighted by Gasteiger charge is -2.08. The lowest BCUT2D eigenvalue weighted by Crippen LogP contribution is -2.32. The summed E-state index contributed by atoms with van der Waals surface area (Å²) in [4.78, 5) is 11.8. The molecule has 1 aromatic carbocycles. The summed E-state index contributed by atoms with van der Waals surface area (Å²) < 4.78 is 5.90. The fourth-order valence-electron chi connectivity index (χ4n) is 1.48. The Morgan fingerprint density at radius 3 is 2.72 bits per heavy atom. The average Bonchev–Trinajstić information content (AvgIpc) is 2.38. The molecule has 0 aromatic heterocycles. The number of halogens is 1. The number of methoxy groups -OCH3 is 1. The summed E-state index contributed by atoms with van der Waals surface area (Å²) in [7, 11) is 1.60. The van der Waals surface area contributed by atoms with E-state index in [1.165, 1.54) is 0 Å². The molecule has 0 fully saturated rings. The van der Waals surface area contributed by atoms with Gasteiger partial charge >= 0.3 is 0 Å². The maximum absolute atomic E-state index is 11.8. The van der Waals surface area contributed by atoms with Crippen LogP contribution in [0.3, 0.4) is 0 Å². The molecule has 18 heavy (non-hydrogen) atoms. The highest BCUT2D eigenvalue weighted by atomic mass is 79.9. The molecular formula is C13H19BrN2O2. The van der Waals surface area contributed by atoms with Crippen LogP contribution in [0.15, 0.2) is 22.7 Å². The molecule has 5 heteroatoms. The van der Waals surface area contributed by atoms with Crippen LogP contribution >= 0.6 is 15.9 Å². The van der Waals surface area contributed by atoms with Gasteiger partial charge in [0, 0.05) is 18.7 Å². The maximum Gasteiger partial charge on any atom is 0.251 e. The van der Waals surface area contributed by atoms with Gasteiger partial charge in [0.25, 0.3) is 5.91 Å². The molecule has 0 spiro atoms. The maximum atomic E-state index is 11.8. The zero-order valence-electron chi connectivity index (χ0n) is 10.8. The topological polar surface area (TPSA) is 50.4 Å². The van der Waals surface area contributed by atoms with Gasteiger partial charge in [0.05, 0.1) is 11.6 Å². The van der Waals surface area contributed by atoms with Crippen molar-refractivity contribution in [2.24, 2.45) is 0 Å². The molecule has 0 atom stereocenters. The van der Waals surface area contributed by atoms with E-state index in [0.717, 1.165) is 29.7 Å². The minimum atomic E-state index is -0.0725. The van der Waals surface area contributed by atoms with E-state index in [0.29, 0.717) is 12.1 Å². The zero-order chi connectivity index (χ0) is 13.4. The van der Waals surface area contributed by atoms with Crippen LogP contribution in [-0.2, 0) is 0 Å². The third-order valence-electron chi connectivity index (χ3n) is 2.43. The van der Waals surface area contributed by atoms with Gasteiger partial charge in [-0.05, 0) is 47.1 Å². The number of carbonyl (C=O) groups excluding carboxylic acids is 1. The standard InChI is InChI=1S/C13H19BrN2O2/c1-3-6-15-7-8-16-13(17)10-4-5-12(18-2)11(14)9-10/h4-5,9,15H,3,6-8H2,1-2H3,(H,16,17). The zero-order valence-corrected chi connectivity index (χ0v) is 12.3. The molecule has 4 nitrogen and oxygen atoms in total. The van der Waals surface area contributed by atoms with Crippen molar-refractivity contribution in [1.29, 1.82) is 0 Å². The molecule has 0 unspecified atom stereocenters. The van der Waals surface area contributed by atoms with Crippen molar-refractivity contribution in [1.82, 2.24) is 10.6 Å². The Kier molecular flexibility index (Phi) is 6.75. The molecule has 0 heterocycles. The summed E-state index contributed by atoms with van der Waals surface area (Å²) in [6.07, 6.45) is 1.10. The predicted octanol–water partition coefficient (Wildman–Crippen LogP) is 2.19. The van der Waals surface area contributed by atoms with Crippen LogP contribution in [0.2, 0.25) is 0 Å². The molecule has 0 saturated heterocycles. The summed E-state index contributed by atoms with van der Waals surface area (Å²) in [6, 6.07) is 5.28. The number of ether oxygens (including phenoxy) is 1. The Bertz CT molecular complexity index is 397. The van der Waals surface area contributed by atoms with Gasteiger partial charge in [-0.15, -0.1) is 0 Å². The van der Waals surface area contributed by atoms with Crippen molar-refractivity contribution in [2.75, 3.05) is 26.7 Å². The van der Waals surface area contributed by atoms with E-state index in [-0.39, 0.29) is 5.91 Å². The largest absolute Gasteiger partial charge is 0.496 e. The smallest absolute Gasteiger partial charge is 0.251 e. The quantitative estimate of drug-likeness (QED) is 0.758. The van der Waals surface area contributed by atoms with E-state index in [1.54, 1.807) is 25.3 Å². The second-order valence-corrected chi connectivity index (χ2v) is 4.71. The second kappa shape index (κ2) is 8.11. The van der Waals surface area contributed by atoms with Crippen molar-refractivity contribution >= 4 is 21.8 Å². The summed E-state index contributed by atoms with van der Waals surface area (Å²) in [5.41, 5.74) is 0.623. The molecular weight excluding hydrogens is 296 g/mol. The first-order chi connectivity index (χ1) is 8.69. The third-order valence-corrected chi connectivity index (χ3v) is 3.05.